The monoisotopic (exact) mass is 830 g/mol. The lowest BCUT2D eigenvalue weighted by Crippen LogP contribution is -2.49. The normalized spacial score (nSPS) is 19.4. The van der Waals surface area contributed by atoms with Crippen LogP contribution in [0.25, 0.3) is 10.9 Å². The van der Waals surface area contributed by atoms with E-state index in [0.29, 0.717) is 53.0 Å². The van der Waals surface area contributed by atoms with Crippen LogP contribution in [0.4, 0.5) is 29.3 Å². The van der Waals surface area contributed by atoms with E-state index in [1.165, 1.54) is 38.0 Å². The number of fused-ring (bicyclic) bond motifs is 1. The van der Waals surface area contributed by atoms with Crippen molar-refractivity contribution in [3.63, 3.8) is 0 Å². The molecule has 4 fully saturated rings. The van der Waals surface area contributed by atoms with Crippen LogP contribution < -0.4 is 25.0 Å². The summed E-state index contributed by atoms with van der Waals surface area (Å²) in [5.41, 5.74) is 0.724. The van der Waals surface area contributed by atoms with Gasteiger partial charge in [-0.3, -0.25) is 29.3 Å². The number of nitrogens with one attached hydrogen (secondary N) is 2. The number of piperidine rings is 2. The van der Waals surface area contributed by atoms with Crippen molar-refractivity contribution in [1.29, 1.82) is 0 Å². The zero-order chi connectivity index (χ0) is 42.2. The van der Waals surface area contributed by atoms with Crippen molar-refractivity contribution in [3.8, 4) is 11.5 Å². The van der Waals surface area contributed by atoms with Crippen molar-refractivity contribution < 1.29 is 41.8 Å². The van der Waals surface area contributed by atoms with E-state index in [1.54, 1.807) is 30.3 Å². The van der Waals surface area contributed by atoms with E-state index < -0.39 is 23.8 Å². The number of carbonyl (C=O) groups is 4. The van der Waals surface area contributed by atoms with Gasteiger partial charge in [0, 0.05) is 68.9 Å². The molecule has 4 aliphatic rings. The molecule has 0 radical (unpaired) electrons. The molecule has 3 saturated heterocycles. The molecule has 60 heavy (non-hydrogen) atoms. The summed E-state index contributed by atoms with van der Waals surface area (Å²) in [5.74, 6) is 0.264. The molecular formula is C43H49F3N8O6. The van der Waals surface area contributed by atoms with Gasteiger partial charge in [-0.25, -0.2) is 9.78 Å². The summed E-state index contributed by atoms with van der Waals surface area (Å²) >= 11 is 0. The zero-order valence-corrected chi connectivity index (χ0v) is 33.7. The van der Waals surface area contributed by atoms with Gasteiger partial charge in [0.15, 0.2) is 0 Å². The van der Waals surface area contributed by atoms with E-state index in [1.807, 2.05) is 15.8 Å². The van der Waals surface area contributed by atoms with E-state index in [-0.39, 0.29) is 41.9 Å². The minimum absolute atomic E-state index is 0.0641. The summed E-state index contributed by atoms with van der Waals surface area (Å²) in [7, 11) is 2.97. The predicted molar refractivity (Wildman–Crippen MR) is 216 cm³/mol. The molecule has 0 atom stereocenters. The standard InChI is InChI=1S/C43H49F3N8O6/c1-59-35-7-6-28(23-34(35)53-19-12-38(55)49-41(53)58)40(57)52-20-15-42(16-21-52)13-8-27(9-14-42)25-51-17-10-30(11-18-51)54-26-29-22-33(36(60-2)24-32(29)50-54)48-39(56)31-4-3-5-37(47-31)43(44,45)46/h3-7,22-24,26-27,30H,8-21,25H2,1-2H3,(H,48,56)(H,49,55,58). The van der Waals surface area contributed by atoms with E-state index in [0.717, 1.165) is 75.7 Å². The smallest absolute Gasteiger partial charge is 0.433 e. The highest BCUT2D eigenvalue weighted by Crippen LogP contribution is 2.47. The molecule has 1 spiro atoms. The minimum Gasteiger partial charge on any atom is -0.495 e. The Kier molecular flexibility index (Phi) is 11.5. The number of imide groups is 1. The number of aromatic nitrogens is 3. The average Bonchev–Trinajstić information content (AvgIpc) is 3.67. The number of amides is 5. The third-order valence-electron chi connectivity index (χ3n) is 12.9. The van der Waals surface area contributed by atoms with Gasteiger partial charge in [0.05, 0.1) is 37.2 Å². The molecule has 8 rings (SSSR count). The molecule has 3 aliphatic heterocycles. The molecule has 2 aromatic carbocycles. The maximum atomic E-state index is 13.7. The zero-order valence-electron chi connectivity index (χ0n) is 33.7. The minimum atomic E-state index is -4.67. The lowest BCUT2D eigenvalue weighted by molar-refractivity contribution is -0.141. The number of hydrogen-bond donors (Lipinski definition) is 2. The van der Waals surface area contributed by atoms with Crippen LogP contribution in [0.5, 0.6) is 11.5 Å². The van der Waals surface area contributed by atoms with Gasteiger partial charge in [0.25, 0.3) is 11.8 Å². The summed E-state index contributed by atoms with van der Waals surface area (Å²) in [6.07, 6.45) is 5.95. The third kappa shape index (κ3) is 8.62. The summed E-state index contributed by atoms with van der Waals surface area (Å²) in [6.45, 7) is 4.59. The number of halogens is 3. The van der Waals surface area contributed by atoms with Crippen LogP contribution >= 0.6 is 0 Å². The number of methoxy groups -OCH3 is 2. The Balaban J connectivity index is 0.810. The highest BCUT2D eigenvalue weighted by Gasteiger charge is 2.40. The maximum Gasteiger partial charge on any atom is 0.433 e. The molecule has 5 amide bonds. The summed E-state index contributed by atoms with van der Waals surface area (Å²) in [5, 5.41) is 10.6. The highest BCUT2D eigenvalue weighted by atomic mass is 19.4. The van der Waals surface area contributed by atoms with Gasteiger partial charge in [-0.15, -0.1) is 0 Å². The Hall–Kier alpha value is -5.71. The Morgan fingerprint density at radius 3 is 2.32 bits per heavy atom. The van der Waals surface area contributed by atoms with Gasteiger partial charge >= 0.3 is 12.2 Å². The molecule has 1 aliphatic carbocycles. The summed E-state index contributed by atoms with van der Waals surface area (Å²) in [4.78, 5) is 60.3. The first-order chi connectivity index (χ1) is 28.8. The number of alkyl halides is 3. The van der Waals surface area contributed by atoms with Crippen molar-refractivity contribution in [2.45, 2.75) is 70.0 Å². The van der Waals surface area contributed by atoms with Crippen LogP contribution in [0.2, 0.25) is 0 Å². The van der Waals surface area contributed by atoms with Gasteiger partial charge in [-0.2, -0.15) is 18.3 Å². The first-order valence-corrected chi connectivity index (χ1v) is 20.5. The van der Waals surface area contributed by atoms with Crippen LogP contribution in [0, 0.1) is 11.3 Å². The fourth-order valence-electron chi connectivity index (χ4n) is 9.33. The van der Waals surface area contributed by atoms with Crippen molar-refractivity contribution >= 4 is 46.0 Å². The Morgan fingerprint density at radius 1 is 0.900 bits per heavy atom. The van der Waals surface area contributed by atoms with Crippen LogP contribution in [0.15, 0.2) is 54.7 Å². The number of nitrogens with zero attached hydrogens (tertiary/aromatic N) is 6. The quantitative estimate of drug-likeness (QED) is 0.183. The molecule has 2 N–H and O–H groups in total. The van der Waals surface area contributed by atoms with Crippen LogP contribution in [-0.2, 0) is 11.0 Å². The van der Waals surface area contributed by atoms with E-state index >= 15 is 0 Å². The molecule has 5 heterocycles. The van der Waals surface area contributed by atoms with E-state index in [2.05, 4.69) is 20.5 Å². The maximum absolute atomic E-state index is 13.7. The largest absolute Gasteiger partial charge is 0.495 e. The predicted octanol–water partition coefficient (Wildman–Crippen LogP) is 6.92. The van der Waals surface area contributed by atoms with Crippen molar-refractivity contribution in [3.05, 3.63) is 71.7 Å². The summed E-state index contributed by atoms with van der Waals surface area (Å²) < 4.78 is 52.5. The van der Waals surface area contributed by atoms with Gasteiger partial charge in [0.2, 0.25) is 5.91 Å². The van der Waals surface area contributed by atoms with Crippen LogP contribution in [0.1, 0.15) is 90.4 Å². The second kappa shape index (κ2) is 16.7. The van der Waals surface area contributed by atoms with Gasteiger partial charge < -0.3 is 24.6 Å². The first-order valence-electron chi connectivity index (χ1n) is 20.5. The molecule has 318 valence electrons. The molecule has 4 aromatic rings. The number of ether oxygens (including phenoxy) is 2. The Morgan fingerprint density at radius 2 is 1.63 bits per heavy atom. The number of benzene rings is 2. The number of hydrogen-bond acceptors (Lipinski definition) is 9. The Bertz CT molecular complexity index is 2270. The number of urea groups is 1. The number of carbonyl (C=O) groups excluding carboxylic acids is 4. The fraction of sp³-hybridized carbons (Fsp3) is 0.488. The SMILES string of the molecule is COc1cc2nn(C3CCN(CC4CCC5(CC4)CCN(C(=O)c4ccc(OC)c(N6CCC(=O)NC6=O)c4)CC5)CC3)cc2cc1NC(=O)c1cccc(C(F)(F)F)n1. The second-order valence-electron chi connectivity index (χ2n) is 16.5. The fourth-order valence-corrected chi connectivity index (χ4v) is 9.33. The van der Waals surface area contributed by atoms with E-state index in [4.69, 9.17) is 14.6 Å². The first kappa shape index (κ1) is 41.0. The third-order valence-corrected chi connectivity index (χ3v) is 12.9. The van der Waals surface area contributed by atoms with Crippen LogP contribution in [-0.4, -0.2) is 102 Å². The number of anilines is 2. The lowest BCUT2D eigenvalue weighted by atomic mass is 9.65. The molecule has 2 aromatic heterocycles. The number of pyridine rings is 1. The van der Waals surface area contributed by atoms with Crippen molar-refractivity contribution in [2.24, 2.45) is 11.3 Å². The Labute approximate surface area is 345 Å². The molecule has 0 unspecified atom stereocenters. The van der Waals surface area contributed by atoms with Gasteiger partial charge in [-0.05, 0) is 99.1 Å². The second-order valence-corrected chi connectivity index (χ2v) is 16.5. The van der Waals surface area contributed by atoms with Gasteiger partial charge in [-0.1, -0.05) is 6.07 Å². The van der Waals surface area contributed by atoms with Crippen molar-refractivity contribution in [2.75, 3.05) is 63.7 Å². The molecule has 1 saturated carbocycles. The van der Waals surface area contributed by atoms with Gasteiger partial charge in [0.1, 0.15) is 22.9 Å². The van der Waals surface area contributed by atoms with E-state index in [9.17, 15) is 32.3 Å². The average molecular weight is 831 g/mol. The molecule has 14 nitrogen and oxygen atoms in total. The van der Waals surface area contributed by atoms with Crippen molar-refractivity contribution in [1.82, 2.24) is 29.9 Å². The highest BCUT2D eigenvalue weighted by molar-refractivity contribution is 6.07. The topological polar surface area (TPSA) is 151 Å². The van der Waals surface area contributed by atoms with Crippen LogP contribution in [0.3, 0.4) is 0 Å². The molecule has 0 bridgehead atoms. The number of rotatable bonds is 9. The lowest BCUT2D eigenvalue weighted by Gasteiger charge is -2.47. The molecule has 17 heteroatoms. The summed E-state index contributed by atoms with van der Waals surface area (Å²) in [6, 6.07) is 11.4. The number of likely N-dealkylation sites (tertiary alicyclic amines) is 2. The molecular weight excluding hydrogens is 782 g/mol.